The summed E-state index contributed by atoms with van der Waals surface area (Å²) in [5.41, 5.74) is 0.644. The van der Waals surface area contributed by atoms with Gasteiger partial charge in [0.2, 0.25) is 0 Å². The average molecular weight is 481 g/mol. The van der Waals surface area contributed by atoms with Gasteiger partial charge in [-0.3, -0.25) is 5.10 Å². The molecule has 13 heteroatoms. The van der Waals surface area contributed by atoms with Gasteiger partial charge >= 0.3 is 12.3 Å². The van der Waals surface area contributed by atoms with Gasteiger partial charge in [0.15, 0.2) is 11.6 Å². The van der Waals surface area contributed by atoms with E-state index in [0.717, 1.165) is 12.8 Å². The molecule has 182 valence electrons. The Bertz CT molecular complexity index is 1200. The molecule has 1 amide bonds. The summed E-state index contributed by atoms with van der Waals surface area (Å²) >= 11 is 0. The first-order valence-corrected chi connectivity index (χ1v) is 10.9. The van der Waals surface area contributed by atoms with Crippen LogP contribution in [0.2, 0.25) is 0 Å². The molecular weight excluding hydrogens is 458 g/mol. The molecule has 0 radical (unpaired) electrons. The molecule has 2 fully saturated rings. The Kier molecular flexibility index (Phi) is 5.36. The molecule has 34 heavy (non-hydrogen) atoms. The van der Waals surface area contributed by atoms with Crippen molar-refractivity contribution in [2.24, 2.45) is 0 Å². The van der Waals surface area contributed by atoms with Crippen LogP contribution in [0.15, 0.2) is 24.5 Å². The van der Waals surface area contributed by atoms with Gasteiger partial charge in [-0.15, -0.1) is 0 Å². The standard InChI is InChI=1S/C21H23F4N7O2/c1-20(2-3-20)28-19(33)34-16-7-11(6-13(16)22)14-9-17(30-29-14)27-18-15-8-12(10-21(23,24)25)31-32(15)5-4-26-18/h4-5,8-9,11,13,16H,2-3,6-7,10H2,1H3,(H,28,33)(H2,26,27,29,30)/t11-,13+,16-/m0/s1. The van der Waals surface area contributed by atoms with Crippen LogP contribution in [0.1, 0.15) is 49.9 Å². The number of nitrogens with zero attached hydrogens (tertiary/aromatic N) is 4. The molecule has 2 aliphatic carbocycles. The van der Waals surface area contributed by atoms with Crippen LogP contribution in [0.4, 0.5) is 34.0 Å². The number of amides is 1. The molecule has 2 saturated carbocycles. The van der Waals surface area contributed by atoms with Crippen molar-refractivity contribution in [1.82, 2.24) is 30.1 Å². The van der Waals surface area contributed by atoms with E-state index in [9.17, 15) is 22.4 Å². The predicted octanol–water partition coefficient (Wildman–Crippen LogP) is 4.16. The van der Waals surface area contributed by atoms with Crippen molar-refractivity contribution in [2.75, 3.05) is 5.32 Å². The summed E-state index contributed by atoms with van der Waals surface area (Å²) in [4.78, 5) is 16.2. The number of hydrogen-bond donors (Lipinski definition) is 3. The van der Waals surface area contributed by atoms with Crippen molar-refractivity contribution in [3.05, 3.63) is 35.9 Å². The highest BCUT2D eigenvalue weighted by atomic mass is 19.4. The van der Waals surface area contributed by atoms with Crippen molar-refractivity contribution in [1.29, 1.82) is 0 Å². The van der Waals surface area contributed by atoms with E-state index < -0.39 is 31.0 Å². The van der Waals surface area contributed by atoms with Crippen LogP contribution < -0.4 is 10.6 Å². The van der Waals surface area contributed by atoms with Gasteiger partial charge in [-0.25, -0.2) is 18.7 Å². The van der Waals surface area contributed by atoms with Crippen LogP contribution in [0.3, 0.4) is 0 Å². The summed E-state index contributed by atoms with van der Waals surface area (Å²) in [6.07, 6.45) is -3.16. The molecule has 3 aromatic heterocycles. The number of aromatic nitrogens is 5. The first-order chi connectivity index (χ1) is 16.1. The van der Waals surface area contributed by atoms with Gasteiger partial charge in [0.05, 0.1) is 12.1 Å². The molecule has 0 saturated heterocycles. The molecule has 0 unspecified atom stereocenters. The van der Waals surface area contributed by atoms with Gasteiger partial charge in [-0.1, -0.05) is 0 Å². The monoisotopic (exact) mass is 481 g/mol. The van der Waals surface area contributed by atoms with E-state index in [2.05, 4.69) is 30.9 Å². The molecule has 0 aliphatic heterocycles. The summed E-state index contributed by atoms with van der Waals surface area (Å²) < 4.78 is 59.3. The fraction of sp³-hybridized carbons (Fsp3) is 0.524. The smallest absolute Gasteiger partial charge is 0.407 e. The molecule has 3 aromatic rings. The molecule has 5 rings (SSSR count). The number of rotatable bonds is 6. The number of H-pyrrole nitrogens is 1. The third-order valence-electron chi connectivity index (χ3n) is 6.20. The maximum atomic E-state index is 14.5. The largest absolute Gasteiger partial charge is 0.443 e. The van der Waals surface area contributed by atoms with Gasteiger partial charge in [0.25, 0.3) is 0 Å². The van der Waals surface area contributed by atoms with Crippen LogP contribution in [-0.4, -0.2) is 54.9 Å². The van der Waals surface area contributed by atoms with Crippen LogP contribution in [0, 0.1) is 0 Å². The van der Waals surface area contributed by atoms with E-state index in [1.54, 1.807) is 6.07 Å². The zero-order valence-corrected chi connectivity index (χ0v) is 18.2. The number of carbonyl (C=O) groups is 1. The lowest BCUT2D eigenvalue weighted by molar-refractivity contribution is -0.127. The lowest BCUT2D eigenvalue weighted by Crippen LogP contribution is -2.38. The second kappa shape index (κ2) is 8.13. The molecule has 3 atom stereocenters. The number of aromatic amines is 1. The zero-order chi connectivity index (χ0) is 24.1. The number of fused-ring (bicyclic) bond motifs is 1. The topological polar surface area (TPSA) is 109 Å². The van der Waals surface area contributed by atoms with E-state index in [1.807, 2.05) is 6.92 Å². The van der Waals surface area contributed by atoms with Gasteiger partial charge in [-0.05, 0) is 38.7 Å². The Hall–Kier alpha value is -3.38. The van der Waals surface area contributed by atoms with Gasteiger partial charge in [-0.2, -0.15) is 23.4 Å². The van der Waals surface area contributed by atoms with E-state index >= 15 is 0 Å². The van der Waals surface area contributed by atoms with Crippen molar-refractivity contribution < 1.29 is 27.1 Å². The fourth-order valence-corrected chi connectivity index (χ4v) is 4.14. The Morgan fingerprint density at radius 1 is 1.32 bits per heavy atom. The van der Waals surface area contributed by atoms with Crippen LogP contribution in [0.5, 0.6) is 0 Å². The third-order valence-corrected chi connectivity index (χ3v) is 6.20. The number of hydrogen-bond acceptors (Lipinski definition) is 6. The van der Waals surface area contributed by atoms with Gasteiger partial charge in [0, 0.05) is 35.6 Å². The highest BCUT2D eigenvalue weighted by Gasteiger charge is 2.42. The van der Waals surface area contributed by atoms with Gasteiger partial charge < -0.3 is 15.4 Å². The molecule has 0 spiro atoms. The van der Waals surface area contributed by atoms with Gasteiger partial charge in [0.1, 0.15) is 17.8 Å². The number of alkyl carbamates (subject to hydrolysis) is 1. The Balaban J connectivity index is 1.25. The normalized spacial score (nSPS) is 23.7. The average Bonchev–Trinajstić information content (AvgIpc) is 3.11. The maximum Gasteiger partial charge on any atom is 0.407 e. The summed E-state index contributed by atoms with van der Waals surface area (Å²) in [5.74, 6) is 0.417. The van der Waals surface area contributed by atoms with Crippen LogP contribution >= 0.6 is 0 Å². The van der Waals surface area contributed by atoms with Crippen molar-refractivity contribution in [3.63, 3.8) is 0 Å². The minimum absolute atomic E-state index is 0.128. The maximum absolute atomic E-state index is 14.5. The molecular formula is C21H23F4N7O2. The summed E-state index contributed by atoms with van der Waals surface area (Å²) in [5, 5.41) is 16.7. The summed E-state index contributed by atoms with van der Waals surface area (Å²) in [6, 6.07) is 3.00. The fourth-order valence-electron chi connectivity index (χ4n) is 4.14. The Morgan fingerprint density at radius 2 is 2.12 bits per heavy atom. The first kappa shape index (κ1) is 22.4. The van der Waals surface area contributed by atoms with Crippen molar-refractivity contribution in [3.8, 4) is 0 Å². The number of carbonyl (C=O) groups excluding carboxylic acids is 1. The minimum atomic E-state index is -4.37. The number of halogens is 4. The van der Waals surface area contributed by atoms with E-state index in [-0.39, 0.29) is 29.4 Å². The molecule has 0 bridgehead atoms. The first-order valence-electron chi connectivity index (χ1n) is 10.9. The van der Waals surface area contributed by atoms with Crippen LogP contribution in [-0.2, 0) is 11.2 Å². The molecule has 0 aromatic carbocycles. The van der Waals surface area contributed by atoms with E-state index in [0.29, 0.717) is 23.4 Å². The second-order valence-corrected chi connectivity index (χ2v) is 9.18. The number of nitrogens with one attached hydrogen (secondary N) is 3. The molecule has 2 aliphatic rings. The van der Waals surface area contributed by atoms with Crippen molar-refractivity contribution in [2.45, 2.75) is 68.9 Å². The Labute approximate surface area is 191 Å². The highest BCUT2D eigenvalue weighted by Crippen LogP contribution is 2.39. The summed E-state index contributed by atoms with van der Waals surface area (Å²) in [7, 11) is 0. The third kappa shape index (κ3) is 4.92. The number of anilines is 2. The lowest BCUT2D eigenvalue weighted by Gasteiger charge is -2.17. The van der Waals surface area contributed by atoms with E-state index in [1.165, 1.54) is 23.0 Å². The minimum Gasteiger partial charge on any atom is -0.443 e. The summed E-state index contributed by atoms with van der Waals surface area (Å²) in [6.45, 7) is 1.91. The molecule has 3 heterocycles. The highest BCUT2D eigenvalue weighted by molar-refractivity contribution is 5.72. The lowest BCUT2D eigenvalue weighted by atomic mass is 10.0. The number of alkyl halides is 4. The molecule has 9 nitrogen and oxygen atoms in total. The predicted molar refractivity (Wildman–Crippen MR) is 113 cm³/mol. The zero-order valence-electron chi connectivity index (χ0n) is 18.2. The quantitative estimate of drug-likeness (QED) is 0.456. The SMILES string of the molecule is CC1(NC(=O)O[C@H]2C[C@@H](c3cc(Nc4nccn5nc(CC(F)(F)F)cc45)n[nH]3)C[C@H]2F)CC1. The molecule has 3 N–H and O–H groups in total. The van der Waals surface area contributed by atoms with Crippen molar-refractivity contribution >= 4 is 23.2 Å². The number of ether oxygens (including phenoxy) is 1. The van der Waals surface area contributed by atoms with Crippen LogP contribution in [0.25, 0.3) is 5.52 Å². The second-order valence-electron chi connectivity index (χ2n) is 9.18. The van der Waals surface area contributed by atoms with E-state index in [4.69, 9.17) is 4.74 Å². The Morgan fingerprint density at radius 3 is 2.85 bits per heavy atom.